The van der Waals surface area contributed by atoms with Crippen LogP contribution in [0.3, 0.4) is 0 Å². The minimum Gasteiger partial charge on any atom is -0.535 e. The highest BCUT2D eigenvalue weighted by Crippen LogP contribution is 2.36. The van der Waals surface area contributed by atoms with E-state index in [9.17, 15) is 24.5 Å². The number of carboxylic acids is 1. The van der Waals surface area contributed by atoms with E-state index in [4.69, 9.17) is 15.2 Å². The number of nitrogens with zero attached hydrogens (tertiary/aromatic N) is 3. The Morgan fingerprint density at radius 2 is 2.20 bits per heavy atom. The lowest BCUT2D eigenvalue weighted by molar-refractivity contribution is -0.120. The third-order valence-corrected chi connectivity index (χ3v) is 4.44. The van der Waals surface area contributed by atoms with Crippen molar-refractivity contribution in [2.24, 2.45) is 5.73 Å². The lowest BCUT2D eigenvalue weighted by Crippen LogP contribution is -2.36. The summed E-state index contributed by atoms with van der Waals surface area (Å²) >= 11 is 0. The molecule has 0 aliphatic carbocycles. The zero-order valence-corrected chi connectivity index (χ0v) is 15.9. The number of aromatic carboxylic acids is 1. The summed E-state index contributed by atoms with van der Waals surface area (Å²) in [5, 5.41) is 26.9. The number of fused-ring (bicyclic) bond motifs is 1. The Hall–Kier alpha value is -3.29. The van der Waals surface area contributed by atoms with E-state index in [0.29, 0.717) is 5.56 Å². The molecule has 158 valence electrons. The van der Waals surface area contributed by atoms with Crippen molar-refractivity contribution in [3.63, 3.8) is 0 Å². The number of hydrogen-bond acceptors (Lipinski definition) is 9. The molecule has 2 heterocycles. The second kappa shape index (κ2) is 9.48. The topological polar surface area (TPSA) is 179 Å². The number of carbonyl (C=O) groups excluding carboxylic acids is 2. The van der Waals surface area contributed by atoms with Gasteiger partial charge in [0.25, 0.3) is 5.91 Å². The van der Waals surface area contributed by atoms with Crippen LogP contribution in [0.1, 0.15) is 32.8 Å². The number of para-hydroxylation sites is 1. The van der Waals surface area contributed by atoms with Gasteiger partial charge in [-0.25, -0.2) is 15.0 Å². The summed E-state index contributed by atoms with van der Waals surface area (Å²) in [6, 6.07) is 4.67. The molecule has 1 atom stereocenters. The first-order valence-corrected chi connectivity index (χ1v) is 9.13. The number of hydroxylamine groups is 1. The highest BCUT2D eigenvalue weighted by molar-refractivity contribution is 6.47. The number of Topliss-reactive ketones (excluding diaryl/α,β-unsaturated/α-hetero) is 1. The Labute approximate surface area is 171 Å². The van der Waals surface area contributed by atoms with Gasteiger partial charge in [0.15, 0.2) is 11.5 Å². The third-order valence-electron chi connectivity index (χ3n) is 4.44. The predicted molar refractivity (Wildman–Crippen MR) is 102 cm³/mol. The van der Waals surface area contributed by atoms with Crippen LogP contribution in [0.25, 0.3) is 0 Å². The van der Waals surface area contributed by atoms with Gasteiger partial charge >= 0.3 is 13.1 Å². The molecule has 5 N–H and O–H groups in total. The number of benzene rings is 1. The van der Waals surface area contributed by atoms with Crippen LogP contribution < -0.4 is 15.9 Å². The summed E-state index contributed by atoms with van der Waals surface area (Å²) in [6.07, 6.45) is 1.55. The highest BCUT2D eigenvalue weighted by atomic mass is 16.6. The van der Waals surface area contributed by atoms with Crippen LogP contribution in [-0.4, -0.2) is 63.1 Å². The molecule has 0 fully saturated rings. The molecular weight excluding hydrogens is 397 g/mol. The van der Waals surface area contributed by atoms with E-state index < -0.39 is 24.8 Å². The van der Waals surface area contributed by atoms with E-state index in [-0.39, 0.29) is 55.3 Å². The molecule has 0 saturated heterocycles. The van der Waals surface area contributed by atoms with E-state index in [1.54, 1.807) is 12.1 Å². The number of carbonyl (C=O) groups is 3. The van der Waals surface area contributed by atoms with E-state index in [2.05, 4.69) is 15.8 Å². The second-order valence-corrected chi connectivity index (χ2v) is 6.68. The molecule has 1 aromatic carbocycles. The maximum absolute atomic E-state index is 12.4. The van der Waals surface area contributed by atoms with Crippen LogP contribution in [0.2, 0.25) is 5.82 Å². The molecule has 1 aliphatic heterocycles. The van der Waals surface area contributed by atoms with Crippen molar-refractivity contribution in [3.8, 4) is 5.75 Å². The SMILES string of the molecule is NCCONC(=O)c1cn(CC(=O)C[C@H]2Cc3cccc(C(=O)O)c3OB2O)nn1. The summed E-state index contributed by atoms with van der Waals surface area (Å²) in [5.41, 5.74) is 7.93. The van der Waals surface area contributed by atoms with Gasteiger partial charge in [-0.05, 0) is 18.1 Å². The van der Waals surface area contributed by atoms with Crippen LogP contribution in [0, 0.1) is 0 Å². The van der Waals surface area contributed by atoms with Crippen molar-refractivity contribution in [2.45, 2.75) is 25.2 Å². The fourth-order valence-electron chi connectivity index (χ4n) is 3.07. The summed E-state index contributed by atoms with van der Waals surface area (Å²) in [7, 11) is -1.32. The number of nitrogens with one attached hydrogen (secondary N) is 1. The monoisotopic (exact) mass is 417 g/mol. The van der Waals surface area contributed by atoms with Crippen molar-refractivity contribution >= 4 is 24.8 Å². The lowest BCUT2D eigenvalue weighted by atomic mass is 9.64. The van der Waals surface area contributed by atoms with Crippen LogP contribution in [-0.2, 0) is 22.6 Å². The molecule has 0 spiro atoms. The van der Waals surface area contributed by atoms with Crippen molar-refractivity contribution < 1.29 is 34.0 Å². The molecule has 1 aromatic heterocycles. The fraction of sp³-hybridized carbons (Fsp3) is 0.353. The molecule has 3 rings (SSSR count). The zero-order chi connectivity index (χ0) is 21.7. The maximum Gasteiger partial charge on any atom is 0.526 e. The Morgan fingerprint density at radius 3 is 2.93 bits per heavy atom. The summed E-state index contributed by atoms with van der Waals surface area (Å²) < 4.78 is 6.58. The van der Waals surface area contributed by atoms with Gasteiger partial charge in [0.1, 0.15) is 12.3 Å². The zero-order valence-electron chi connectivity index (χ0n) is 15.9. The lowest BCUT2D eigenvalue weighted by Gasteiger charge is -2.27. The quantitative estimate of drug-likeness (QED) is 0.226. The van der Waals surface area contributed by atoms with Crippen LogP contribution in [0.5, 0.6) is 5.75 Å². The summed E-state index contributed by atoms with van der Waals surface area (Å²) in [5.74, 6) is -2.48. The number of carboxylic acid groups (broad SMARTS) is 1. The molecule has 1 aliphatic rings. The van der Waals surface area contributed by atoms with E-state index in [0.717, 1.165) is 0 Å². The molecule has 0 bridgehead atoms. The van der Waals surface area contributed by atoms with Crippen molar-refractivity contribution in [3.05, 3.63) is 41.2 Å². The number of ketones is 1. The van der Waals surface area contributed by atoms with E-state index in [1.165, 1.54) is 16.9 Å². The Kier molecular flexibility index (Phi) is 6.77. The summed E-state index contributed by atoms with van der Waals surface area (Å²) in [6.45, 7) is 0.219. The molecule has 0 saturated carbocycles. The number of aromatic nitrogens is 3. The van der Waals surface area contributed by atoms with Gasteiger partial charge in [-0.2, -0.15) is 0 Å². The fourth-order valence-corrected chi connectivity index (χ4v) is 3.07. The second-order valence-electron chi connectivity index (χ2n) is 6.68. The number of rotatable bonds is 9. The first-order valence-electron chi connectivity index (χ1n) is 9.13. The van der Waals surface area contributed by atoms with Crippen molar-refractivity contribution in [1.82, 2.24) is 20.5 Å². The molecule has 0 unspecified atom stereocenters. The minimum absolute atomic E-state index is 0.0289. The molecular formula is C17H20BN5O7. The van der Waals surface area contributed by atoms with Gasteiger partial charge in [-0.3, -0.25) is 14.4 Å². The Bertz CT molecular complexity index is 950. The number of hydrogen-bond donors (Lipinski definition) is 4. The van der Waals surface area contributed by atoms with Crippen LogP contribution >= 0.6 is 0 Å². The Morgan fingerprint density at radius 1 is 1.40 bits per heavy atom. The molecule has 12 nitrogen and oxygen atoms in total. The van der Waals surface area contributed by atoms with E-state index >= 15 is 0 Å². The molecule has 13 heteroatoms. The van der Waals surface area contributed by atoms with Crippen molar-refractivity contribution in [1.29, 1.82) is 0 Å². The first kappa shape index (κ1) is 21.4. The molecule has 30 heavy (non-hydrogen) atoms. The van der Waals surface area contributed by atoms with Crippen molar-refractivity contribution in [2.75, 3.05) is 13.2 Å². The van der Waals surface area contributed by atoms with Crippen LogP contribution in [0.4, 0.5) is 0 Å². The predicted octanol–water partition coefficient (Wildman–Crippen LogP) is -0.959. The van der Waals surface area contributed by atoms with E-state index in [1.807, 2.05) is 0 Å². The van der Waals surface area contributed by atoms with Gasteiger partial charge in [-0.1, -0.05) is 17.3 Å². The standard InChI is InChI=1S/C17H20BN5O7/c19-4-5-29-21-16(25)14-9-23(22-20-14)8-12(24)7-11-6-10-2-1-3-13(17(26)27)15(10)30-18(11)28/h1-3,9,11,28H,4-8,19H2,(H,21,25)(H,26,27)/t11-/m1/s1. The maximum atomic E-state index is 12.4. The molecule has 0 radical (unpaired) electrons. The number of amides is 1. The number of nitrogens with two attached hydrogens (primary N) is 1. The molecule has 2 aromatic rings. The Balaban J connectivity index is 1.59. The highest BCUT2D eigenvalue weighted by Gasteiger charge is 2.37. The van der Waals surface area contributed by atoms with Gasteiger partial charge in [0, 0.05) is 18.8 Å². The average Bonchev–Trinajstić information content (AvgIpc) is 3.16. The van der Waals surface area contributed by atoms with Gasteiger partial charge in [0.2, 0.25) is 0 Å². The van der Waals surface area contributed by atoms with Gasteiger partial charge in [0.05, 0.1) is 18.4 Å². The van der Waals surface area contributed by atoms with Gasteiger partial charge < -0.3 is 20.5 Å². The average molecular weight is 417 g/mol. The smallest absolute Gasteiger partial charge is 0.526 e. The normalized spacial score (nSPS) is 15.3. The van der Waals surface area contributed by atoms with Gasteiger partial charge in [-0.15, -0.1) is 5.10 Å². The summed E-state index contributed by atoms with van der Waals surface area (Å²) in [4.78, 5) is 40.3. The third kappa shape index (κ3) is 5.00. The molecule has 1 amide bonds. The minimum atomic E-state index is -1.32. The van der Waals surface area contributed by atoms with Crippen LogP contribution in [0.15, 0.2) is 24.4 Å². The first-order chi connectivity index (χ1) is 14.4. The largest absolute Gasteiger partial charge is 0.535 e.